The van der Waals surface area contributed by atoms with Crippen LogP contribution in [0.3, 0.4) is 0 Å². The molecule has 4 amide bonds. The summed E-state index contributed by atoms with van der Waals surface area (Å²) in [7, 11) is 0. The van der Waals surface area contributed by atoms with Crippen LogP contribution in [0.1, 0.15) is 10.5 Å². The van der Waals surface area contributed by atoms with Gasteiger partial charge in [0.1, 0.15) is 23.5 Å². The molecule has 0 saturated carbocycles. The lowest BCUT2D eigenvalue weighted by atomic mass is 10.1. The number of nitrogens with zero attached hydrogens (tertiary/aromatic N) is 6. The predicted octanol–water partition coefficient (Wildman–Crippen LogP) is 0.0398. The molecular formula is C25H26F2N8O7. The number of imidazole rings is 1. The molecule has 222 valence electrons. The van der Waals surface area contributed by atoms with E-state index in [2.05, 4.69) is 20.6 Å². The molecule has 17 heteroatoms. The summed E-state index contributed by atoms with van der Waals surface area (Å²) in [4.78, 5) is 60.5. The van der Waals surface area contributed by atoms with Crippen LogP contribution in [-0.2, 0) is 9.53 Å². The van der Waals surface area contributed by atoms with Crippen LogP contribution >= 0.6 is 0 Å². The number of carbonyl (C=O) groups excluding carboxylic acids is 3. The van der Waals surface area contributed by atoms with Crippen LogP contribution in [0.4, 0.5) is 29.7 Å². The minimum Gasteiger partial charge on any atom is -0.465 e. The molecule has 5 rings (SSSR count). The van der Waals surface area contributed by atoms with E-state index in [0.29, 0.717) is 0 Å². The zero-order valence-corrected chi connectivity index (χ0v) is 21.9. The van der Waals surface area contributed by atoms with E-state index in [0.717, 1.165) is 17.0 Å². The summed E-state index contributed by atoms with van der Waals surface area (Å²) in [5, 5.41) is 23.1. The van der Waals surface area contributed by atoms with Crippen molar-refractivity contribution >= 4 is 41.2 Å². The normalized spacial score (nSPS) is 17.7. The molecule has 4 N–H and O–H groups in total. The fraction of sp³-hybridized carbons (Fsp3) is 0.360. The number of hydrogen-bond acceptors (Lipinski definition) is 9. The van der Waals surface area contributed by atoms with Gasteiger partial charge < -0.3 is 35.4 Å². The van der Waals surface area contributed by atoms with Crippen LogP contribution in [0.5, 0.6) is 0 Å². The Hall–Kier alpha value is -5.06. The van der Waals surface area contributed by atoms with Crippen molar-refractivity contribution in [3.8, 4) is 0 Å². The third-order valence-electron chi connectivity index (χ3n) is 6.83. The number of aliphatic hydroxyl groups is 1. The molecule has 0 radical (unpaired) electrons. The van der Waals surface area contributed by atoms with E-state index in [4.69, 9.17) is 9.84 Å². The van der Waals surface area contributed by atoms with Gasteiger partial charge in [0.2, 0.25) is 11.7 Å². The van der Waals surface area contributed by atoms with E-state index in [1.54, 1.807) is 12.3 Å². The molecule has 2 aliphatic heterocycles. The minimum atomic E-state index is -1.30. The Kier molecular flexibility index (Phi) is 8.01. The fourth-order valence-electron chi connectivity index (χ4n) is 4.78. The van der Waals surface area contributed by atoms with Crippen LogP contribution in [-0.4, -0.2) is 112 Å². The highest BCUT2D eigenvalue weighted by Gasteiger charge is 2.35. The Balaban J connectivity index is 1.19. The van der Waals surface area contributed by atoms with E-state index < -0.39 is 54.4 Å². The van der Waals surface area contributed by atoms with E-state index in [-0.39, 0.29) is 62.1 Å². The number of benzene rings is 1. The van der Waals surface area contributed by atoms with E-state index in [9.17, 15) is 24.3 Å². The lowest BCUT2D eigenvalue weighted by molar-refractivity contribution is -0.134. The first-order valence-electron chi connectivity index (χ1n) is 12.8. The summed E-state index contributed by atoms with van der Waals surface area (Å²) in [6.45, 7) is -0.734. The van der Waals surface area contributed by atoms with Crippen LogP contribution in [0.25, 0.3) is 5.78 Å². The van der Waals surface area contributed by atoms with Gasteiger partial charge in [-0.05, 0) is 6.07 Å². The largest absolute Gasteiger partial charge is 0.465 e. The number of rotatable bonds is 8. The van der Waals surface area contributed by atoms with Gasteiger partial charge in [-0.1, -0.05) is 0 Å². The number of carboxylic acid groups (broad SMARTS) is 1. The monoisotopic (exact) mass is 588 g/mol. The Labute approximate surface area is 236 Å². The number of amides is 4. The Morgan fingerprint density at radius 2 is 1.86 bits per heavy atom. The standard InChI is InChI=1S/C25H26F2N8O7/c26-16-8-14(35-11-15(42-25(35)41)10-29-24(39)40)9-17(27)20(16)32-4-6-33(7-5-32)22(38)19(13-36)30-21(37)18-12-34-3-1-2-28-23(34)31-18/h1-3,8-9,12,15,19,29,36H,4-7,10-11,13H2,(H,30,37)(H,39,40)/t15-,19-/m0/s1. The summed E-state index contributed by atoms with van der Waals surface area (Å²) in [6.07, 6.45) is 1.61. The molecule has 42 heavy (non-hydrogen) atoms. The molecule has 0 unspecified atom stereocenters. The summed E-state index contributed by atoms with van der Waals surface area (Å²) in [5.74, 6) is -2.83. The number of ether oxygens (including phenoxy) is 1. The first-order chi connectivity index (χ1) is 20.1. The van der Waals surface area contributed by atoms with Crippen molar-refractivity contribution in [2.24, 2.45) is 0 Å². The molecule has 2 fully saturated rings. The topological polar surface area (TPSA) is 182 Å². The van der Waals surface area contributed by atoms with Gasteiger partial charge in [-0.25, -0.2) is 28.3 Å². The van der Waals surface area contributed by atoms with Crippen molar-refractivity contribution in [2.75, 3.05) is 55.7 Å². The van der Waals surface area contributed by atoms with Crippen molar-refractivity contribution < 1.29 is 42.9 Å². The van der Waals surface area contributed by atoms with Crippen LogP contribution in [0.2, 0.25) is 0 Å². The number of halogens is 2. The van der Waals surface area contributed by atoms with E-state index >= 15 is 8.78 Å². The molecule has 4 heterocycles. The molecule has 2 atom stereocenters. The zero-order valence-electron chi connectivity index (χ0n) is 21.9. The molecule has 0 spiro atoms. The molecule has 2 aromatic heterocycles. The number of carbonyl (C=O) groups is 4. The Morgan fingerprint density at radius 1 is 1.14 bits per heavy atom. The van der Waals surface area contributed by atoms with E-state index in [1.807, 2.05) is 0 Å². The van der Waals surface area contributed by atoms with Gasteiger partial charge in [0.05, 0.1) is 25.4 Å². The van der Waals surface area contributed by atoms with Gasteiger partial charge in [0.15, 0.2) is 11.6 Å². The summed E-state index contributed by atoms with van der Waals surface area (Å²) >= 11 is 0. The summed E-state index contributed by atoms with van der Waals surface area (Å²) < 4.78 is 36.8. The van der Waals surface area contributed by atoms with Gasteiger partial charge in [0.25, 0.3) is 5.91 Å². The average molecular weight is 589 g/mol. The van der Waals surface area contributed by atoms with Crippen LogP contribution in [0, 0.1) is 11.6 Å². The highest BCUT2D eigenvalue weighted by Crippen LogP contribution is 2.31. The second kappa shape index (κ2) is 11.8. The predicted molar refractivity (Wildman–Crippen MR) is 140 cm³/mol. The summed E-state index contributed by atoms with van der Waals surface area (Å²) in [6, 6.07) is 2.36. The number of nitrogens with one attached hydrogen (secondary N) is 2. The van der Waals surface area contributed by atoms with Gasteiger partial charge in [-0.3, -0.25) is 18.9 Å². The van der Waals surface area contributed by atoms with Gasteiger partial charge in [-0.2, -0.15) is 0 Å². The van der Waals surface area contributed by atoms with Crippen molar-refractivity contribution in [1.82, 2.24) is 29.9 Å². The number of hydrogen-bond donors (Lipinski definition) is 4. The van der Waals surface area contributed by atoms with Gasteiger partial charge in [-0.15, -0.1) is 0 Å². The fourth-order valence-corrected chi connectivity index (χ4v) is 4.78. The molecule has 1 aromatic carbocycles. The van der Waals surface area contributed by atoms with Crippen molar-refractivity contribution in [2.45, 2.75) is 12.1 Å². The van der Waals surface area contributed by atoms with Gasteiger partial charge in [0, 0.05) is 56.9 Å². The van der Waals surface area contributed by atoms with Crippen molar-refractivity contribution in [3.05, 3.63) is 54.1 Å². The average Bonchev–Trinajstić information content (AvgIpc) is 3.58. The first-order valence-corrected chi connectivity index (χ1v) is 12.8. The van der Waals surface area contributed by atoms with Gasteiger partial charge >= 0.3 is 12.2 Å². The maximum Gasteiger partial charge on any atom is 0.414 e. The smallest absolute Gasteiger partial charge is 0.414 e. The quantitative estimate of drug-likeness (QED) is 0.280. The third-order valence-corrected chi connectivity index (χ3v) is 6.83. The number of aliphatic hydroxyl groups excluding tert-OH is 1. The number of cyclic esters (lactones) is 1. The minimum absolute atomic E-state index is 0.00816. The zero-order chi connectivity index (χ0) is 30.0. The maximum absolute atomic E-state index is 15.1. The summed E-state index contributed by atoms with van der Waals surface area (Å²) in [5.41, 5.74) is -0.419. The Morgan fingerprint density at radius 3 is 2.50 bits per heavy atom. The highest BCUT2D eigenvalue weighted by molar-refractivity contribution is 5.96. The second-order valence-corrected chi connectivity index (χ2v) is 9.53. The molecular weight excluding hydrogens is 562 g/mol. The maximum atomic E-state index is 15.1. The van der Waals surface area contributed by atoms with Crippen molar-refractivity contribution in [1.29, 1.82) is 0 Å². The molecule has 0 bridgehead atoms. The molecule has 0 aliphatic carbocycles. The lowest BCUT2D eigenvalue weighted by Gasteiger charge is -2.37. The highest BCUT2D eigenvalue weighted by atomic mass is 19.1. The number of aromatic nitrogens is 3. The third kappa shape index (κ3) is 5.85. The molecule has 2 saturated heterocycles. The molecule has 15 nitrogen and oxygen atoms in total. The van der Waals surface area contributed by atoms with Crippen LogP contribution < -0.4 is 20.4 Å². The van der Waals surface area contributed by atoms with Crippen LogP contribution in [0.15, 0.2) is 36.8 Å². The number of piperazine rings is 1. The molecule has 2 aliphatic rings. The first kappa shape index (κ1) is 28.5. The number of fused-ring (bicyclic) bond motifs is 1. The Bertz CT molecular complexity index is 1470. The number of anilines is 2. The SMILES string of the molecule is O=C(O)NC[C@H]1CN(c2cc(F)c(N3CCN(C(=O)[C@H](CO)NC(=O)c4cn5cccnc5n4)CC3)c(F)c2)C(=O)O1. The molecule has 3 aromatic rings. The second-order valence-electron chi connectivity index (χ2n) is 9.53. The lowest BCUT2D eigenvalue weighted by Crippen LogP contribution is -2.56. The van der Waals surface area contributed by atoms with Crippen molar-refractivity contribution in [3.63, 3.8) is 0 Å². The van der Waals surface area contributed by atoms with E-state index in [1.165, 1.54) is 26.6 Å².